The third-order valence-corrected chi connectivity index (χ3v) is 5.01. The van der Waals surface area contributed by atoms with Gasteiger partial charge in [0.25, 0.3) is 5.91 Å². The Hall–Kier alpha value is -1.90. The number of hydrogen-bond donors (Lipinski definition) is 0. The molecule has 0 spiro atoms. The minimum Gasteiger partial charge on any atom is -0.332 e. The topological polar surface area (TPSA) is 33.2 Å². The molecular weight excluding hydrogens is 248 g/mol. The van der Waals surface area contributed by atoms with Crippen molar-refractivity contribution in [2.45, 2.75) is 33.2 Å². The zero-order valence-electron chi connectivity index (χ0n) is 12.5. The van der Waals surface area contributed by atoms with Crippen molar-refractivity contribution < 1.29 is 4.79 Å². The van der Waals surface area contributed by atoms with Crippen LogP contribution < -0.4 is 0 Å². The Morgan fingerprint density at radius 2 is 1.90 bits per heavy atom. The van der Waals surface area contributed by atoms with Gasteiger partial charge in [-0.25, -0.2) is 0 Å². The van der Waals surface area contributed by atoms with E-state index in [4.69, 9.17) is 0 Å². The summed E-state index contributed by atoms with van der Waals surface area (Å²) in [6.45, 7) is 9.49. The summed E-state index contributed by atoms with van der Waals surface area (Å²) in [5.41, 5.74) is 1.66. The molecule has 3 rings (SSSR count). The van der Waals surface area contributed by atoms with E-state index >= 15 is 0 Å². The minimum absolute atomic E-state index is 0.105. The fourth-order valence-corrected chi connectivity index (χ4v) is 2.82. The van der Waals surface area contributed by atoms with Gasteiger partial charge in [0, 0.05) is 34.6 Å². The first kappa shape index (κ1) is 13.1. The van der Waals surface area contributed by atoms with E-state index in [0.717, 1.165) is 23.0 Å². The molecule has 0 N–H and O–H groups in total. The molecule has 1 aliphatic heterocycles. The predicted octanol–water partition coefficient (Wildman–Crippen LogP) is 3.50. The molecule has 2 heterocycles. The molecule has 0 radical (unpaired) electrons. The summed E-state index contributed by atoms with van der Waals surface area (Å²) in [5.74, 6) is 0.105. The van der Waals surface area contributed by atoms with E-state index < -0.39 is 0 Å². The number of fused-ring (bicyclic) bond motifs is 1. The van der Waals surface area contributed by atoms with Gasteiger partial charge in [0.2, 0.25) is 0 Å². The number of hydrogen-bond acceptors (Lipinski definition) is 2. The number of pyridine rings is 1. The van der Waals surface area contributed by atoms with Gasteiger partial charge in [0.15, 0.2) is 0 Å². The lowest BCUT2D eigenvalue weighted by molar-refractivity contribution is -0.0880. The molecule has 1 aromatic heterocycles. The van der Waals surface area contributed by atoms with Crippen LogP contribution in [0.3, 0.4) is 0 Å². The van der Waals surface area contributed by atoms with Crippen molar-refractivity contribution in [3.05, 3.63) is 42.1 Å². The molecule has 0 saturated carbocycles. The maximum Gasteiger partial charge on any atom is 0.255 e. The standard InChI is InChI=1S/C17H20N2O/c1-16(2)11-19(17(16,3)4)15(20)13-7-5-9-14-12(13)8-6-10-18-14/h5-10H,11H2,1-4H3. The highest BCUT2D eigenvalue weighted by atomic mass is 16.2. The molecule has 2 aromatic rings. The van der Waals surface area contributed by atoms with E-state index in [1.165, 1.54) is 0 Å². The van der Waals surface area contributed by atoms with Crippen LogP contribution in [0.25, 0.3) is 10.9 Å². The zero-order chi connectivity index (χ0) is 14.5. The first-order valence-corrected chi connectivity index (χ1v) is 7.00. The molecule has 0 aliphatic carbocycles. The molecular formula is C17H20N2O. The molecule has 104 valence electrons. The maximum atomic E-state index is 12.8. The van der Waals surface area contributed by atoms with Crippen LogP contribution in [0.1, 0.15) is 38.1 Å². The summed E-state index contributed by atoms with van der Waals surface area (Å²) in [6.07, 6.45) is 1.76. The van der Waals surface area contributed by atoms with Crippen LogP contribution in [-0.2, 0) is 0 Å². The first-order valence-electron chi connectivity index (χ1n) is 7.00. The van der Waals surface area contributed by atoms with E-state index in [9.17, 15) is 4.79 Å². The SMILES string of the molecule is CC1(C)CN(C(=O)c2cccc3ncccc23)C1(C)C. The molecule has 0 bridgehead atoms. The van der Waals surface area contributed by atoms with Gasteiger partial charge in [-0.2, -0.15) is 0 Å². The van der Waals surface area contributed by atoms with Crippen LogP contribution in [0.5, 0.6) is 0 Å². The highest BCUT2D eigenvalue weighted by Gasteiger charge is 2.54. The van der Waals surface area contributed by atoms with E-state index in [1.807, 2.05) is 35.2 Å². The van der Waals surface area contributed by atoms with Crippen LogP contribution in [0.4, 0.5) is 0 Å². The van der Waals surface area contributed by atoms with Crippen molar-refractivity contribution in [1.82, 2.24) is 9.88 Å². The average molecular weight is 268 g/mol. The van der Waals surface area contributed by atoms with Crippen molar-refractivity contribution in [1.29, 1.82) is 0 Å². The third kappa shape index (κ3) is 1.65. The second-order valence-corrected chi connectivity index (χ2v) is 6.71. The van der Waals surface area contributed by atoms with Gasteiger partial charge in [-0.3, -0.25) is 9.78 Å². The first-order chi connectivity index (χ1) is 9.34. The normalized spacial score (nSPS) is 19.7. The summed E-state index contributed by atoms with van der Waals surface area (Å²) in [4.78, 5) is 19.1. The van der Waals surface area contributed by atoms with Crippen molar-refractivity contribution in [2.24, 2.45) is 5.41 Å². The molecule has 1 fully saturated rings. The Bertz CT molecular complexity index is 683. The van der Waals surface area contributed by atoms with Crippen molar-refractivity contribution >= 4 is 16.8 Å². The van der Waals surface area contributed by atoms with Crippen LogP contribution in [-0.4, -0.2) is 27.9 Å². The second kappa shape index (κ2) is 4.05. The third-order valence-electron chi connectivity index (χ3n) is 5.01. The Morgan fingerprint density at radius 3 is 2.55 bits per heavy atom. The minimum atomic E-state index is -0.117. The summed E-state index contributed by atoms with van der Waals surface area (Å²) in [6, 6.07) is 9.59. The van der Waals surface area contributed by atoms with Gasteiger partial charge in [0.1, 0.15) is 0 Å². The lowest BCUT2D eigenvalue weighted by Crippen LogP contribution is -2.70. The molecule has 1 saturated heterocycles. The number of likely N-dealkylation sites (tertiary alicyclic amines) is 1. The summed E-state index contributed by atoms with van der Waals surface area (Å²) in [5, 5.41) is 0.931. The van der Waals surface area contributed by atoms with Gasteiger partial charge in [-0.1, -0.05) is 26.0 Å². The fourth-order valence-electron chi connectivity index (χ4n) is 2.82. The number of benzene rings is 1. The van der Waals surface area contributed by atoms with Crippen molar-refractivity contribution in [2.75, 3.05) is 6.54 Å². The summed E-state index contributed by atoms with van der Waals surface area (Å²) < 4.78 is 0. The van der Waals surface area contributed by atoms with E-state index in [0.29, 0.717) is 0 Å². The monoisotopic (exact) mass is 268 g/mol. The second-order valence-electron chi connectivity index (χ2n) is 6.71. The molecule has 20 heavy (non-hydrogen) atoms. The van der Waals surface area contributed by atoms with Crippen molar-refractivity contribution in [3.8, 4) is 0 Å². The quantitative estimate of drug-likeness (QED) is 0.793. The highest BCUT2D eigenvalue weighted by molar-refractivity contribution is 6.06. The van der Waals surface area contributed by atoms with Crippen molar-refractivity contribution in [3.63, 3.8) is 0 Å². The molecule has 1 aromatic carbocycles. The van der Waals surface area contributed by atoms with E-state index in [1.54, 1.807) is 6.20 Å². The van der Waals surface area contributed by atoms with Gasteiger partial charge >= 0.3 is 0 Å². The Kier molecular flexibility index (Phi) is 2.65. The smallest absolute Gasteiger partial charge is 0.255 e. The Morgan fingerprint density at radius 1 is 1.15 bits per heavy atom. The largest absolute Gasteiger partial charge is 0.332 e. The van der Waals surface area contributed by atoms with Crippen LogP contribution >= 0.6 is 0 Å². The maximum absolute atomic E-state index is 12.8. The zero-order valence-corrected chi connectivity index (χ0v) is 12.5. The lowest BCUT2D eigenvalue weighted by Gasteiger charge is -2.61. The molecule has 0 atom stereocenters. The van der Waals surface area contributed by atoms with Gasteiger partial charge in [-0.15, -0.1) is 0 Å². The number of nitrogens with zero attached hydrogens (tertiary/aromatic N) is 2. The Labute approximate surface area is 119 Å². The van der Waals surface area contributed by atoms with Crippen LogP contribution in [0.15, 0.2) is 36.5 Å². The number of carbonyl (C=O) groups is 1. The molecule has 3 nitrogen and oxygen atoms in total. The van der Waals surface area contributed by atoms with E-state index in [2.05, 4.69) is 32.7 Å². The Balaban J connectivity index is 2.03. The molecule has 3 heteroatoms. The van der Waals surface area contributed by atoms with Crippen LogP contribution in [0.2, 0.25) is 0 Å². The van der Waals surface area contributed by atoms with Gasteiger partial charge in [0.05, 0.1) is 5.52 Å². The average Bonchev–Trinajstić information content (AvgIpc) is 2.43. The molecule has 1 amide bonds. The number of amides is 1. The molecule has 1 aliphatic rings. The summed E-state index contributed by atoms with van der Waals surface area (Å²) >= 11 is 0. The number of aromatic nitrogens is 1. The number of rotatable bonds is 1. The predicted molar refractivity (Wildman–Crippen MR) is 80.6 cm³/mol. The number of carbonyl (C=O) groups excluding carboxylic acids is 1. The molecule has 0 unspecified atom stereocenters. The van der Waals surface area contributed by atoms with E-state index in [-0.39, 0.29) is 16.9 Å². The van der Waals surface area contributed by atoms with Gasteiger partial charge < -0.3 is 4.90 Å². The van der Waals surface area contributed by atoms with Gasteiger partial charge in [-0.05, 0) is 32.0 Å². The fraction of sp³-hybridized carbons (Fsp3) is 0.412. The van der Waals surface area contributed by atoms with Crippen LogP contribution in [0, 0.1) is 5.41 Å². The lowest BCUT2D eigenvalue weighted by atomic mass is 9.65. The highest BCUT2D eigenvalue weighted by Crippen LogP contribution is 2.47. The summed E-state index contributed by atoms with van der Waals surface area (Å²) in [7, 11) is 0.